The Balaban J connectivity index is 2.60. The third-order valence-electron chi connectivity index (χ3n) is 3.24. The first-order valence-corrected chi connectivity index (χ1v) is 7.20. The summed E-state index contributed by atoms with van der Waals surface area (Å²) in [6, 6.07) is 9.28. The fraction of sp³-hybridized carbons (Fsp3) is 0.562. The van der Waals surface area contributed by atoms with Gasteiger partial charge in [0.2, 0.25) is 0 Å². The van der Waals surface area contributed by atoms with E-state index < -0.39 is 12.0 Å². The molecule has 0 aliphatic carbocycles. The van der Waals surface area contributed by atoms with E-state index in [2.05, 4.69) is 4.89 Å². The Kier molecular flexibility index (Phi) is 7.97. The summed E-state index contributed by atoms with van der Waals surface area (Å²) in [4.78, 5) is 16.3. The molecule has 0 radical (unpaired) electrons. The van der Waals surface area contributed by atoms with Crippen molar-refractivity contribution in [1.82, 2.24) is 0 Å². The van der Waals surface area contributed by atoms with Crippen molar-refractivity contribution in [2.75, 3.05) is 13.2 Å². The minimum atomic E-state index is -0.461. The van der Waals surface area contributed by atoms with Gasteiger partial charge in [0.25, 0.3) is 0 Å². The molecule has 0 amide bonds. The first-order chi connectivity index (χ1) is 10.0. The lowest BCUT2D eigenvalue weighted by Gasteiger charge is -2.18. The van der Waals surface area contributed by atoms with E-state index in [1.54, 1.807) is 6.92 Å². The number of carbonyl (C=O) groups excluding carboxylic acids is 1. The number of aliphatic hydroxyl groups excluding tert-OH is 1. The Bertz CT molecular complexity index is 404. The van der Waals surface area contributed by atoms with E-state index >= 15 is 0 Å². The summed E-state index contributed by atoms with van der Waals surface area (Å²) in [5.41, 5.74) is 0.836. The normalized spacial score (nSPS) is 15.2. The van der Waals surface area contributed by atoms with E-state index in [1.165, 1.54) is 0 Å². The van der Waals surface area contributed by atoms with Crippen LogP contribution in [0, 0.1) is 5.92 Å². The Hall–Kier alpha value is -1.43. The van der Waals surface area contributed by atoms with Gasteiger partial charge in [0.05, 0.1) is 25.2 Å². The summed E-state index contributed by atoms with van der Waals surface area (Å²) in [5, 5.41) is 17.8. The van der Waals surface area contributed by atoms with Crippen LogP contribution in [-0.2, 0) is 14.4 Å². The van der Waals surface area contributed by atoms with Gasteiger partial charge in [-0.05, 0) is 31.2 Å². The molecule has 0 aliphatic rings. The molecule has 21 heavy (non-hydrogen) atoms. The zero-order valence-corrected chi connectivity index (χ0v) is 12.6. The van der Waals surface area contributed by atoms with Crippen LogP contribution >= 0.6 is 0 Å². The number of aliphatic hydroxyl groups is 1. The predicted octanol–water partition coefficient (Wildman–Crippen LogP) is 2.60. The molecule has 0 saturated carbocycles. The van der Waals surface area contributed by atoms with Crippen LogP contribution in [0.2, 0.25) is 0 Å². The second-order valence-corrected chi connectivity index (χ2v) is 5.41. The molecular weight excluding hydrogens is 272 g/mol. The molecule has 118 valence electrons. The summed E-state index contributed by atoms with van der Waals surface area (Å²) in [5.74, 6) is -0.702. The lowest BCUT2D eigenvalue weighted by molar-refractivity contribution is -0.243. The first kappa shape index (κ1) is 17.6. The van der Waals surface area contributed by atoms with Gasteiger partial charge in [0.15, 0.2) is 0 Å². The average molecular weight is 296 g/mol. The Morgan fingerprint density at radius 3 is 2.48 bits per heavy atom. The summed E-state index contributed by atoms with van der Waals surface area (Å²) < 4.78 is 5.33. The van der Waals surface area contributed by atoms with Crippen molar-refractivity contribution in [3.8, 4) is 0 Å². The lowest BCUT2D eigenvalue weighted by Crippen LogP contribution is -2.21. The van der Waals surface area contributed by atoms with E-state index in [-0.39, 0.29) is 25.1 Å². The fourth-order valence-corrected chi connectivity index (χ4v) is 2.25. The minimum Gasteiger partial charge on any atom is -0.465 e. The van der Waals surface area contributed by atoms with Gasteiger partial charge in [-0.1, -0.05) is 37.3 Å². The molecule has 1 aromatic carbocycles. The van der Waals surface area contributed by atoms with Crippen molar-refractivity contribution >= 4 is 5.97 Å². The van der Waals surface area contributed by atoms with Crippen molar-refractivity contribution in [2.45, 2.75) is 38.7 Å². The van der Waals surface area contributed by atoms with Gasteiger partial charge in [0.1, 0.15) is 0 Å². The maximum absolute atomic E-state index is 12.2. The molecular formula is C16H24O5. The number of esters is 1. The molecule has 0 fully saturated rings. The molecule has 1 aromatic rings. The second kappa shape index (κ2) is 9.50. The van der Waals surface area contributed by atoms with Crippen molar-refractivity contribution in [1.29, 1.82) is 0 Å². The first-order valence-electron chi connectivity index (χ1n) is 7.20. The highest BCUT2D eigenvalue weighted by atomic mass is 17.1. The summed E-state index contributed by atoms with van der Waals surface area (Å²) >= 11 is 0. The molecule has 0 aromatic heterocycles. The van der Waals surface area contributed by atoms with Gasteiger partial charge in [-0.25, -0.2) is 4.89 Å². The van der Waals surface area contributed by atoms with Crippen molar-refractivity contribution < 1.29 is 24.8 Å². The van der Waals surface area contributed by atoms with Crippen LogP contribution in [0.15, 0.2) is 30.3 Å². The van der Waals surface area contributed by atoms with E-state index in [0.717, 1.165) is 5.56 Å². The molecule has 0 aliphatic heterocycles. The smallest absolute Gasteiger partial charge is 0.313 e. The fourth-order valence-electron chi connectivity index (χ4n) is 2.25. The molecule has 0 saturated heterocycles. The summed E-state index contributed by atoms with van der Waals surface area (Å²) in [7, 11) is 0. The van der Waals surface area contributed by atoms with E-state index in [4.69, 9.17) is 9.99 Å². The van der Waals surface area contributed by atoms with E-state index in [1.807, 2.05) is 37.3 Å². The van der Waals surface area contributed by atoms with Crippen LogP contribution in [0.1, 0.15) is 38.2 Å². The molecule has 3 atom stereocenters. The molecule has 5 nitrogen and oxygen atoms in total. The molecule has 0 heterocycles. The standard InChI is InChI=1S/C16H24O5/c1-12(10-13(2)17)11-20-16(18)15(8-9-21-19)14-6-4-3-5-7-14/h3-7,12-13,15,17,19H,8-11H2,1-2H3. The van der Waals surface area contributed by atoms with Crippen molar-refractivity contribution in [3.63, 3.8) is 0 Å². The Labute approximate surface area is 125 Å². The third-order valence-corrected chi connectivity index (χ3v) is 3.24. The van der Waals surface area contributed by atoms with Gasteiger partial charge >= 0.3 is 5.97 Å². The topological polar surface area (TPSA) is 76.0 Å². The molecule has 0 spiro atoms. The number of carbonyl (C=O) groups is 1. The SMILES string of the molecule is CC(O)CC(C)COC(=O)C(CCOO)c1ccccc1. The van der Waals surface area contributed by atoms with E-state index in [0.29, 0.717) is 12.8 Å². The zero-order chi connectivity index (χ0) is 15.7. The quantitative estimate of drug-likeness (QED) is 0.416. The van der Waals surface area contributed by atoms with Gasteiger partial charge < -0.3 is 9.84 Å². The van der Waals surface area contributed by atoms with Gasteiger partial charge in [-0.2, -0.15) is 0 Å². The average Bonchev–Trinajstić information content (AvgIpc) is 2.46. The van der Waals surface area contributed by atoms with E-state index in [9.17, 15) is 9.90 Å². The third kappa shape index (κ3) is 6.71. The van der Waals surface area contributed by atoms with Crippen LogP contribution in [0.25, 0.3) is 0 Å². The highest BCUT2D eigenvalue weighted by molar-refractivity contribution is 5.78. The molecule has 3 unspecified atom stereocenters. The highest BCUT2D eigenvalue weighted by Crippen LogP contribution is 2.22. The lowest BCUT2D eigenvalue weighted by atomic mass is 9.96. The maximum Gasteiger partial charge on any atom is 0.313 e. The summed E-state index contributed by atoms with van der Waals surface area (Å²) in [6.07, 6.45) is 0.527. The Morgan fingerprint density at radius 2 is 1.90 bits per heavy atom. The number of hydrogen-bond acceptors (Lipinski definition) is 5. The number of ether oxygens (including phenoxy) is 1. The number of hydrogen-bond donors (Lipinski definition) is 2. The summed E-state index contributed by atoms with van der Waals surface area (Å²) in [6.45, 7) is 3.98. The predicted molar refractivity (Wildman–Crippen MR) is 78.8 cm³/mol. The number of rotatable bonds is 9. The molecule has 0 bridgehead atoms. The zero-order valence-electron chi connectivity index (χ0n) is 12.6. The highest BCUT2D eigenvalue weighted by Gasteiger charge is 2.22. The molecule has 5 heteroatoms. The van der Waals surface area contributed by atoms with Gasteiger partial charge in [0, 0.05) is 0 Å². The van der Waals surface area contributed by atoms with Crippen LogP contribution in [-0.4, -0.2) is 35.7 Å². The second-order valence-electron chi connectivity index (χ2n) is 5.41. The monoisotopic (exact) mass is 296 g/mol. The maximum atomic E-state index is 12.2. The van der Waals surface area contributed by atoms with Gasteiger partial charge in [-0.15, -0.1) is 0 Å². The van der Waals surface area contributed by atoms with Crippen LogP contribution < -0.4 is 0 Å². The largest absolute Gasteiger partial charge is 0.465 e. The van der Waals surface area contributed by atoms with Crippen LogP contribution in [0.5, 0.6) is 0 Å². The minimum absolute atomic E-state index is 0.0673. The van der Waals surface area contributed by atoms with Crippen molar-refractivity contribution in [3.05, 3.63) is 35.9 Å². The van der Waals surface area contributed by atoms with Gasteiger partial charge in [-0.3, -0.25) is 10.1 Å². The number of benzene rings is 1. The Morgan fingerprint density at radius 1 is 1.24 bits per heavy atom. The van der Waals surface area contributed by atoms with Crippen LogP contribution in [0.4, 0.5) is 0 Å². The van der Waals surface area contributed by atoms with Crippen molar-refractivity contribution in [2.24, 2.45) is 5.92 Å². The van der Waals surface area contributed by atoms with Crippen LogP contribution in [0.3, 0.4) is 0 Å². The molecule has 1 rings (SSSR count). The molecule has 2 N–H and O–H groups in total.